The van der Waals surface area contributed by atoms with E-state index >= 15 is 0 Å². The van der Waals surface area contributed by atoms with Crippen molar-refractivity contribution >= 4 is 0 Å². The third kappa shape index (κ3) is 5.12. The van der Waals surface area contributed by atoms with Gasteiger partial charge in [-0.15, -0.1) is 0 Å². The van der Waals surface area contributed by atoms with Crippen LogP contribution >= 0.6 is 0 Å². The van der Waals surface area contributed by atoms with Crippen molar-refractivity contribution < 1.29 is 14.2 Å². The molecule has 1 saturated heterocycles. The minimum Gasteiger partial charge on any atom is -0.487 e. The van der Waals surface area contributed by atoms with Crippen LogP contribution in [0.2, 0.25) is 0 Å². The molecular weight excluding hydrogens is 247 g/mol. The molecule has 0 radical (unpaired) electrons. The van der Waals surface area contributed by atoms with E-state index in [4.69, 9.17) is 4.74 Å². The predicted molar refractivity (Wildman–Crippen MR) is 74.9 cm³/mol. The highest BCUT2D eigenvalue weighted by atomic mass is 19.1. The lowest BCUT2D eigenvalue weighted by Gasteiger charge is -2.13. The number of nitrogens with one attached hydrogen (secondary N) is 1. The van der Waals surface area contributed by atoms with E-state index in [1.165, 1.54) is 6.20 Å². The van der Waals surface area contributed by atoms with Crippen molar-refractivity contribution in [2.45, 2.75) is 46.8 Å². The molecule has 4 nitrogen and oxygen atoms in total. The number of hydrogen-bond acceptors (Lipinski definition) is 4. The highest BCUT2D eigenvalue weighted by Crippen LogP contribution is 2.20. The van der Waals surface area contributed by atoms with E-state index in [9.17, 15) is 9.50 Å². The summed E-state index contributed by atoms with van der Waals surface area (Å²) in [7, 11) is 0. The van der Waals surface area contributed by atoms with Crippen LogP contribution in [0.15, 0.2) is 12.3 Å². The maximum absolute atomic E-state index is 13.3. The van der Waals surface area contributed by atoms with E-state index in [-0.39, 0.29) is 25.3 Å². The Balaban J connectivity index is 0.00000103. The van der Waals surface area contributed by atoms with Gasteiger partial charge in [-0.05, 0) is 25.0 Å². The average molecular weight is 272 g/mol. The molecule has 0 bridgehead atoms. The topological polar surface area (TPSA) is 54.4 Å². The molecule has 0 amide bonds. The lowest BCUT2D eigenvalue weighted by atomic mass is 10.2. The highest BCUT2D eigenvalue weighted by molar-refractivity contribution is 5.29. The standard InChI is InChI=1S/C11H15FN2O2.C2H6.CH4/c1-7-2-3-13-11(12)10(7)16-6-8-4-9(15)5-14-8;1-2;/h2-3,8-9,14-15H,4-6H2,1H3;1-2H3;1H4. The second-order valence-electron chi connectivity index (χ2n) is 4.05. The summed E-state index contributed by atoms with van der Waals surface area (Å²) < 4.78 is 18.7. The van der Waals surface area contributed by atoms with Crippen molar-refractivity contribution in [1.29, 1.82) is 0 Å². The Labute approximate surface area is 115 Å². The van der Waals surface area contributed by atoms with Crippen LogP contribution in [0.5, 0.6) is 5.75 Å². The lowest BCUT2D eigenvalue weighted by Crippen LogP contribution is -2.28. The normalized spacial score (nSPS) is 21.1. The van der Waals surface area contributed by atoms with Crippen LogP contribution in [0.1, 0.15) is 33.3 Å². The number of β-amino-alcohol motifs (C(OH)–C–C–N with tert-alkyl or cyclic N) is 1. The number of aryl methyl sites for hydroxylation is 1. The third-order valence-corrected chi connectivity index (χ3v) is 2.69. The van der Waals surface area contributed by atoms with Crippen LogP contribution < -0.4 is 10.1 Å². The van der Waals surface area contributed by atoms with Crippen molar-refractivity contribution in [2.24, 2.45) is 0 Å². The van der Waals surface area contributed by atoms with Gasteiger partial charge in [0.05, 0.1) is 6.10 Å². The number of rotatable bonds is 3. The Morgan fingerprint density at radius 2 is 2.21 bits per heavy atom. The van der Waals surface area contributed by atoms with Gasteiger partial charge < -0.3 is 15.2 Å². The molecule has 19 heavy (non-hydrogen) atoms. The minimum absolute atomic E-state index is 0. The first-order chi connectivity index (χ1) is 8.66. The van der Waals surface area contributed by atoms with Crippen LogP contribution in [0, 0.1) is 12.9 Å². The number of aliphatic hydroxyl groups is 1. The number of halogens is 1. The Hall–Kier alpha value is -1.20. The lowest BCUT2D eigenvalue weighted by molar-refractivity contribution is 0.186. The first-order valence-corrected chi connectivity index (χ1v) is 6.32. The number of aromatic nitrogens is 1. The van der Waals surface area contributed by atoms with Gasteiger partial charge in [0.2, 0.25) is 0 Å². The van der Waals surface area contributed by atoms with Gasteiger partial charge in [0.25, 0.3) is 5.95 Å². The van der Waals surface area contributed by atoms with Crippen LogP contribution in [0.3, 0.4) is 0 Å². The van der Waals surface area contributed by atoms with Gasteiger partial charge in [-0.25, -0.2) is 4.98 Å². The second-order valence-corrected chi connectivity index (χ2v) is 4.05. The molecule has 0 saturated carbocycles. The summed E-state index contributed by atoms with van der Waals surface area (Å²) in [4.78, 5) is 3.54. The molecule has 110 valence electrons. The summed E-state index contributed by atoms with van der Waals surface area (Å²) >= 11 is 0. The molecule has 0 aromatic carbocycles. The van der Waals surface area contributed by atoms with Gasteiger partial charge in [-0.2, -0.15) is 4.39 Å². The van der Waals surface area contributed by atoms with E-state index in [2.05, 4.69) is 10.3 Å². The molecule has 2 atom stereocenters. The molecule has 2 unspecified atom stereocenters. The van der Waals surface area contributed by atoms with Gasteiger partial charge in [-0.3, -0.25) is 0 Å². The van der Waals surface area contributed by atoms with Gasteiger partial charge in [0.1, 0.15) is 6.61 Å². The Kier molecular flexibility index (Phi) is 8.27. The summed E-state index contributed by atoms with van der Waals surface area (Å²) in [5, 5.41) is 12.4. The van der Waals surface area contributed by atoms with Gasteiger partial charge in [0.15, 0.2) is 5.75 Å². The zero-order chi connectivity index (χ0) is 13.5. The molecule has 1 aromatic heterocycles. The molecule has 1 aliphatic heterocycles. The average Bonchev–Trinajstić information content (AvgIpc) is 2.77. The van der Waals surface area contributed by atoms with Crippen LogP contribution in [-0.2, 0) is 0 Å². The second kappa shape index (κ2) is 8.82. The minimum atomic E-state index is -0.585. The van der Waals surface area contributed by atoms with Gasteiger partial charge in [-0.1, -0.05) is 21.3 Å². The zero-order valence-electron chi connectivity index (χ0n) is 11.1. The Morgan fingerprint density at radius 3 is 2.74 bits per heavy atom. The molecule has 0 spiro atoms. The van der Waals surface area contributed by atoms with Crippen molar-refractivity contribution in [3.05, 3.63) is 23.8 Å². The maximum Gasteiger partial charge on any atom is 0.255 e. The SMILES string of the molecule is C.CC.Cc1ccnc(F)c1OCC1CC(O)CN1. The van der Waals surface area contributed by atoms with Crippen LogP contribution in [0.25, 0.3) is 0 Å². The van der Waals surface area contributed by atoms with E-state index in [0.29, 0.717) is 19.6 Å². The summed E-state index contributed by atoms with van der Waals surface area (Å²) in [6.45, 7) is 6.69. The number of ether oxygens (including phenoxy) is 1. The Bertz CT molecular complexity index is 354. The largest absolute Gasteiger partial charge is 0.487 e. The van der Waals surface area contributed by atoms with Gasteiger partial charge in [0, 0.05) is 18.8 Å². The molecule has 5 heteroatoms. The maximum atomic E-state index is 13.3. The fourth-order valence-electron chi connectivity index (χ4n) is 1.79. The molecule has 1 aliphatic rings. The quantitative estimate of drug-likeness (QED) is 0.829. The van der Waals surface area contributed by atoms with Crippen LogP contribution in [-0.4, -0.2) is 35.4 Å². The van der Waals surface area contributed by atoms with Gasteiger partial charge >= 0.3 is 0 Å². The molecular formula is C14H25FN2O2. The summed E-state index contributed by atoms with van der Waals surface area (Å²) in [5.74, 6) is -0.385. The van der Waals surface area contributed by atoms with E-state index in [1.54, 1.807) is 13.0 Å². The van der Waals surface area contributed by atoms with Crippen molar-refractivity contribution in [3.8, 4) is 5.75 Å². The van der Waals surface area contributed by atoms with E-state index < -0.39 is 5.95 Å². The molecule has 1 fully saturated rings. The number of aliphatic hydroxyl groups excluding tert-OH is 1. The fourth-order valence-corrected chi connectivity index (χ4v) is 1.79. The number of nitrogens with zero attached hydrogens (tertiary/aromatic N) is 1. The molecule has 2 N–H and O–H groups in total. The molecule has 2 heterocycles. The first-order valence-electron chi connectivity index (χ1n) is 6.32. The van der Waals surface area contributed by atoms with E-state index in [0.717, 1.165) is 5.56 Å². The number of pyridine rings is 1. The van der Waals surface area contributed by atoms with Crippen molar-refractivity contribution in [3.63, 3.8) is 0 Å². The molecule has 0 aliphatic carbocycles. The number of hydrogen-bond donors (Lipinski definition) is 2. The van der Waals surface area contributed by atoms with Crippen LogP contribution in [0.4, 0.5) is 4.39 Å². The van der Waals surface area contributed by atoms with Crippen molar-refractivity contribution in [2.75, 3.05) is 13.2 Å². The summed E-state index contributed by atoms with van der Waals surface area (Å²) in [6, 6.07) is 1.78. The first kappa shape index (κ1) is 17.8. The third-order valence-electron chi connectivity index (χ3n) is 2.69. The predicted octanol–water partition coefficient (Wildman–Crippen LogP) is 2.29. The molecule has 1 aromatic rings. The monoisotopic (exact) mass is 272 g/mol. The zero-order valence-corrected chi connectivity index (χ0v) is 11.1. The highest BCUT2D eigenvalue weighted by Gasteiger charge is 2.23. The van der Waals surface area contributed by atoms with E-state index in [1.807, 2.05) is 13.8 Å². The Morgan fingerprint density at radius 1 is 1.53 bits per heavy atom. The smallest absolute Gasteiger partial charge is 0.255 e. The summed E-state index contributed by atoms with van der Waals surface area (Å²) in [6.07, 6.45) is 1.73. The summed E-state index contributed by atoms with van der Waals surface area (Å²) in [5.41, 5.74) is 0.728. The molecule has 2 rings (SSSR count). The fraction of sp³-hybridized carbons (Fsp3) is 0.643. The van der Waals surface area contributed by atoms with Crippen molar-refractivity contribution in [1.82, 2.24) is 10.3 Å².